The Balaban J connectivity index is 1.54. The fourth-order valence-electron chi connectivity index (χ4n) is 3.77. The minimum Gasteiger partial charge on any atom is -0.444 e. The number of nitrogens with zero attached hydrogens (tertiary/aromatic N) is 1. The Labute approximate surface area is 211 Å². The number of likely N-dealkylation sites (tertiary alicyclic amines) is 1. The van der Waals surface area contributed by atoms with Crippen molar-refractivity contribution in [1.82, 2.24) is 15.5 Å². The van der Waals surface area contributed by atoms with Crippen molar-refractivity contribution < 1.29 is 19.1 Å². The molecule has 1 heterocycles. The van der Waals surface area contributed by atoms with Crippen molar-refractivity contribution in [2.24, 2.45) is 5.92 Å². The summed E-state index contributed by atoms with van der Waals surface area (Å²) in [4.78, 5) is 39.7. The van der Waals surface area contributed by atoms with Crippen LogP contribution in [0.15, 0.2) is 54.6 Å². The monoisotopic (exact) mass is 500 g/mol. The smallest absolute Gasteiger partial charge is 0.410 e. The molecule has 2 aromatic rings. The molecule has 2 aromatic carbocycles. The summed E-state index contributed by atoms with van der Waals surface area (Å²) in [5.74, 6) is -0.0611. The second kappa shape index (κ2) is 11.9. The molecule has 0 aliphatic carbocycles. The summed E-state index contributed by atoms with van der Waals surface area (Å²) in [5, 5.41) is 9.03. The molecule has 188 valence electrons. The number of urea groups is 1. The number of nitrogens with one attached hydrogen (secondary N) is 3. The van der Waals surface area contributed by atoms with Crippen LogP contribution in [0.2, 0.25) is 5.02 Å². The van der Waals surface area contributed by atoms with Crippen LogP contribution >= 0.6 is 11.6 Å². The van der Waals surface area contributed by atoms with E-state index in [1.807, 2.05) is 39.0 Å². The number of anilines is 1. The van der Waals surface area contributed by atoms with E-state index in [9.17, 15) is 14.4 Å². The van der Waals surface area contributed by atoms with Crippen LogP contribution in [0.25, 0.3) is 0 Å². The predicted molar refractivity (Wildman–Crippen MR) is 136 cm³/mol. The van der Waals surface area contributed by atoms with Gasteiger partial charge in [0.25, 0.3) is 0 Å². The molecule has 0 radical (unpaired) electrons. The van der Waals surface area contributed by atoms with Gasteiger partial charge in [0.2, 0.25) is 5.91 Å². The first-order valence-electron chi connectivity index (χ1n) is 11.7. The lowest BCUT2D eigenvalue weighted by molar-refractivity contribution is -0.123. The average molecular weight is 501 g/mol. The number of rotatable bonds is 6. The van der Waals surface area contributed by atoms with Crippen LogP contribution in [0.4, 0.5) is 15.3 Å². The maximum atomic E-state index is 13.1. The van der Waals surface area contributed by atoms with E-state index in [-0.39, 0.29) is 17.9 Å². The summed E-state index contributed by atoms with van der Waals surface area (Å²) in [7, 11) is 0. The third kappa shape index (κ3) is 8.47. The number of hydrogen-bond donors (Lipinski definition) is 3. The summed E-state index contributed by atoms with van der Waals surface area (Å²) in [5.41, 5.74) is 0.716. The fraction of sp³-hybridized carbons (Fsp3) is 0.423. The van der Waals surface area contributed by atoms with Crippen LogP contribution in [0.5, 0.6) is 0 Å². The highest BCUT2D eigenvalue weighted by atomic mass is 35.5. The van der Waals surface area contributed by atoms with Crippen LogP contribution in [0, 0.1) is 5.92 Å². The van der Waals surface area contributed by atoms with Crippen molar-refractivity contribution >= 4 is 35.3 Å². The third-order valence-electron chi connectivity index (χ3n) is 5.60. The summed E-state index contributed by atoms with van der Waals surface area (Å²) >= 11 is 5.89. The molecular formula is C26H33ClN4O4. The highest BCUT2D eigenvalue weighted by molar-refractivity contribution is 6.30. The van der Waals surface area contributed by atoms with Crippen LogP contribution in [-0.2, 0) is 9.53 Å². The van der Waals surface area contributed by atoms with E-state index in [1.165, 1.54) is 0 Å². The first-order valence-corrected chi connectivity index (χ1v) is 12.1. The van der Waals surface area contributed by atoms with Gasteiger partial charge in [-0.2, -0.15) is 0 Å². The zero-order valence-electron chi connectivity index (χ0n) is 20.3. The van der Waals surface area contributed by atoms with E-state index in [2.05, 4.69) is 16.0 Å². The first-order chi connectivity index (χ1) is 16.6. The highest BCUT2D eigenvalue weighted by Gasteiger charge is 2.28. The molecule has 0 aromatic heterocycles. The molecule has 0 spiro atoms. The molecule has 35 heavy (non-hydrogen) atoms. The van der Waals surface area contributed by atoms with Crippen molar-refractivity contribution in [2.45, 2.75) is 45.3 Å². The normalized spacial score (nSPS) is 15.1. The Morgan fingerprint density at radius 2 is 1.66 bits per heavy atom. The van der Waals surface area contributed by atoms with Crippen molar-refractivity contribution in [3.8, 4) is 0 Å². The second-order valence-corrected chi connectivity index (χ2v) is 10.0. The molecule has 3 rings (SSSR count). The molecule has 1 aliphatic heterocycles. The summed E-state index contributed by atoms with van der Waals surface area (Å²) in [6.45, 7) is 7.17. The quantitative estimate of drug-likeness (QED) is 0.521. The SMILES string of the molecule is CC(C)(C)OC(=O)N1CCC(CNC(=O)[C@H](NC(=O)Nc2ccc(Cl)cc2)c2ccccc2)CC1. The minimum absolute atomic E-state index is 0.233. The predicted octanol–water partition coefficient (Wildman–Crippen LogP) is 4.97. The van der Waals surface area contributed by atoms with Gasteiger partial charge < -0.3 is 25.6 Å². The molecule has 9 heteroatoms. The Kier molecular flexibility index (Phi) is 8.98. The van der Waals surface area contributed by atoms with Crippen molar-refractivity contribution in [3.05, 3.63) is 65.2 Å². The van der Waals surface area contributed by atoms with Crippen molar-refractivity contribution in [3.63, 3.8) is 0 Å². The third-order valence-corrected chi connectivity index (χ3v) is 5.86. The number of amides is 4. The van der Waals surface area contributed by atoms with Gasteiger partial charge in [0, 0.05) is 30.3 Å². The van der Waals surface area contributed by atoms with Gasteiger partial charge in [-0.05, 0) is 69.4 Å². The number of halogens is 1. The highest BCUT2D eigenvalue weighted by Crippen LogP contribution is 2.20. The van der Waals surface area contributed by atoms with Gasteiger partial charge in [0.15, 0.2) is 0 Å². The number of ether oxygens (including phenoxy) is 1. The lowest BCUT2D eigenvalue weighted by Crippen LogP contribution is -2.46. The van der Waals surface area contributed by atoms with Gasteiger partial charge in [0.1, 0.15) is 11.6 Å². The number of carbonyl (C=O) groups excluding carboxylic acids is 3. The van der Waals surface area contributed by atoms with Gasteiger partial charge in [-0.3, -0.25) is 4.79 Å². The van der Waals surface area contributed by atoms with E-state index >= 15 is 0 Å². The van der Waals surface area contributed by atoms with E-state index in [4.69, 9.17) is 16.3 Å². The first kappa shape index (κ1) is 26.3. The average Bonchev–Trinajstić information content (AvgIpc) is 2.82. The molecule has 1 aliphatic rings. The van der Waals surface area contributed by atoms with E-state index < -0.39 is 17.7 Å². The van der Waals surface area contributed by atoms with Gasteiger partial charge in [-0.15, -0.1) is 0 Å². The Bertz CT molecular complexity index is 1000. The molecule has 0 bridgehead atoms. The molecule has 1 saturated heterocycles. The van der Waals surface area contributed by atoms with Crippen LogP contribution in [0.1, 0.15) is 45.2 Å². The molecule has 1 fully saturated rings. The van der Waals surface area contributed by atoms with Crippen LogP contribution in [-0.4, -0.2) is 48.2 Å². The lowest BCUT2D eigenvalue weighted by atomic mass is 9.96. The number of hydrogen-bond acceptors (Lipinski definition) is 4. The zero-order valence-corrected chi connectivity index (χ0v) is 21.1. The topological polar surface area (TPSA) is 99.8 Å². The Morgan fingerprint density at radius 1 is 1.03 bits per heavy atom. The summed E-state index contributed by atoms with van der Waals surface area (Å²) in [6, 6.07) is 14.4. The minimum atomic E-state index is -0.856. The van der Waals surface area contributed by atoms with Gasteiger partial charge in [-0.25, -0.2) is 9.59 Å². The maximum Gasteiger partial charge on any atom is 0.410 e. The molecule has 3 N–H and O–H groups in total. The van der Waals surface area contributed by atoms with Crippen molar-refractivity contribution in [1.29, 1.82) is 0 Å². The molecular weight excluding hydrogens is 468 g/mol. The number of piperidine rings is 1. The van der Waals surface area contributed by atoms with Crippen LogP contribution < -0.4 is 16.0 Å². The Hall–Kier alpha value is -3.26. The molecule has 0 unspecified atom stereocenters. The molecule has 0 saturated carbocycles. The standard InChI is InChI=1S/C26H33ClN4O4/c1-26(2,3)35-25(34)31-15-13-18(14-16-31)17-28-23(32)22(19-7-5-4-6-8-19)30-24(33)29-21-11-9-20(27)10-12-21/h4-12,18,22H,13-17H2,1-3H3,(H,28,32)(H2,29,30,33)/t22-/m1/s1. The maximum absolute atomic E-state index is 13.1. The number of benzene rings is 2. The van der Waals surface area contributed by atoms with E-state index in [0.29, 0.717) is 35.9 Å². The van der Waals surface area contributed by atoms with Crippen LogP contribution in [0.3, 0.4) is 0 Å². The second-order valence-electron chi connectivity index (χ2n) is 9.60. The number of carbonyl (C=O) groups is 3. The van der Waals surface area contributed by atoms with Crippen molar-refractivity contribution in [2.75, 3.05) is 25.0 Å². The molecule has 1 atom stereocenters. The largest absolute Gasteiger partial charge is 0.444 e. The fourth-order valence-corrected chi connectivity index (χ4v) is 3.90. The lowest BCUT2D eigenvalue weighted by Gasteiger charge is -2.33. The zero-order chi connectivity index (χ0) is 25.4. The molecule has 4 amide bonds. The van der Waals surface area contributed by atoms with Gasteiger partial charge >= 0.3 is 12.1 Å². The molecule has 8 nitrogen and oxygen atoms in total. The summed E-state index contributed by atoms with van der Waals surface area (Å²) in [6.07, 6.45) is 1.22. The Morgan fingerprint density at radius 3 is 2.26 bits per heavy atom. The van der Waals surface area contributed by atoms with E-state index in [1.54, 1.807) is 41.3 Å². The summed E-state index contributed by atoms with van der Waals surface area (Å²) < 4.78 is 5.44. The van der Waals surface area contributed by atoms with Gasteiger partial charge in [-0.1, -0.05) is 41.9 Å². The van der Waals surface area contributed by atoms with Gasteiger partial charge in [0.05, 0.1) is 0 Å². The van der Waals surface area contributed by atoms with E-state index in [0.717, 1.165) is 12.8 Å².